The standard InChI is InChI=1S/C18H24N4O3/c1-13(12-23-2)22-18(19)21-11-14-7-8-17(20-10-14)25-16-6-4-5-15(9-16)24-3/h4-10,13H,11-12H2,1-3H3,(H3,19,21,22). The topological polar surface area (TPSA) is 91.0 Å². The number of ether oxygens (including phenoxy) is 3. The predicted molar refractivity (Wildman–Crippen MR) is 97.1 cm³/mol. The average Bonchev–Trinajstić information content (AvgIpc) is 2.61. The third-order valence-electron chi connectivity index (χ3n) is 3.30. The maximum absolute atomic E-state index is 5.84. The number of aromatic nitrogens is 1. The molecule has 0 aliphatic heterocycles. The van der Waals surface area contributed by atoms with E-state index in [-0.39, 0.29) is 6.04 Å². The number of guanidine groups is 1. The number of aliphatic imine (C=N–C) groups is 1. The van der Waals surface area contributed by atoms with Crippen molar-refractivity contribution in [1.82, 2.24) is 10.3 Å². The number of hydrogen-bond donors (Lipinski definition) is 2. The van der Waals surface area contributed by atoms with Crippen LogP contribution >= 0.6 is 0 Å². The quantitative estimate of drug-likeness (QED) is 0.564. The van der Waals surface area contributed by atoms with Gasteiger partial charge in [-0.3, -0.25) is 0 Å². The Balaban J connectivity index is 1.91. The normalized spacial score (nSPS) is 12.5. The lowest BCUT2D eigenvalue weighted by Crippen LogP contribution is -2.40. The smallest absolute Gasteiger partial charge is 0.219 e. The summed E-state index contributed by atoms with van der Waals surface area (Å²) in [5.74, 6) is 2.27. The van der Waals surface area contributed by atoms with E-state index in [9.17, 15) is 0 Å². The van der Waals surface area contributed by atoms with E-state index < -0.39 is 0 Å². The van der Waals surface area contributed by atoms with Gasteiger partial charge >= 0.3 is 0 Å². The molecule has 0 fully saturated rings. The molecule has 1 atom stereocenters. The van der Waals surface area contributed by atoms with Crippen molar-refractivity contribution in [2.45, 2.75) is 19.5 Å². The lowest BCUT2D eigenvalue weighted by atomic mass is 10.3. The van der Waals surface area contributed by atoms with Crippen molar-refractivity contribution in [2.75, 3.05) is 20.8 Å². The zero-order valence-electron chi connectivity index (χ0n) is 14.7. The molecule has 1 heterocycles. The van der Waals surface area contributed by atoms with Gasteiger partial charge in [0, 0.05) is 31.5 Å². The molecule has 3 N–H and O–H groups in total. The highest BCUT2D eigenvalue weighted by atomic mass is 16.5. The first-order valence-electron chi connectivity index (χ1n) is 7.93. The fourth-order valence-electron chi connectivity index (χ4n) is 2.12. The van der Waals surface area contributed by atoms with E-state index in [2.05, 4.69) is 15.3 Å². The van der Waals surface area contributed by atoms with Crippen LogP contribution < -0.4 is 20.5 Å². The Morgan fingerprint density at radius 3 is 2.72 bits per heavy atom. The molecule has 25 heavy (non-hydrogen) atoms. The predicted octanol–water partition coefficient (Wildman–Crippen LogP) is 2.32. The molecule has 0 saturated carbocycles. The third-order valence-corrected chi connectivity index (χ3v) is 3.30. The van der Waals surface area contributed by atoms with Crippen molar-refractivity contribution in [1.29, 1.82) is 0 Å². The van der Waals surface area contributed by atoms with E-state index in [0.717, 1.165) is 11.3 Å². The van der Waals surface area contributed by atoms with E-state index in [1.165, 1.54) is 0 Å². The number of nitrogens with two attached hydrogens (primary N) is 1. The van der Waals surface area contributed by atoms with Crippen LogP contribution in [-0.2, 0) is 11.3 Å². The lowest BCUT2D eigenvalue weighted by Gasteiger charge is -2.13. The molecule has 1 aromatic carbocycles. The Morgan fingerprint density at radius 2 is 2.04 bits per heavy atom. The van der Waals surface area contributed by atoms with Gasteiger partial charge in [-0.2, -0.15) is 0 Å². The fraction of sp³-hybridized carbons (Fsp3) is 0.333. The SMILES string of the molecule is COCC(C)NC(N)=NCc1ccc(Oc2cccc(OC)c2)nc1. The monoisotopic (exact) mass is 344 g/mol. The van der Waals surface area contributed by atoms with Gasteiger partial charge in [-0.15, -0.1) is 0 Å². The molecule has 0 bridgehead atoms. The molecular weight excluding hydrogens is 320 g/mol. The van der Waals surface area contributed by atoms with Crippen LogP contribution in [-0.4, -0.2) is 37.8 Å². The van der Waals surface area contributed by atoms with E-state index in [1.54, 1.807) is 32.5 Å². The van der Waals surface area contributed by atoms with Gasteiger partial charge in [0.1, 0.15) is 11.5 Å². The first-order chi connectivity index (χ1) is 12.1. The molecule has 134 valence electrons. The second-order valence-electron chi connectivity index (χ2n) is 5.49. The molecule has 1 aromatic heterocycles. The van der Waals surface area contributed by atoms with Gasteiger partial charge in [-0.1, -0.05) is 12.1 Å². The summed E-state index contributed by atoms with van der Waals surface area (Å²) in [6, 6.07) is 11.2. The summed E-state index contributed by atoms with van der Waals surface area (Å²) < 4.78 is 15.9. The molecule has 0 aliphatic rings. The molecule has 7 heteroatoms. The van der Waals surface area contributed by atoms with Crippen molar-refractivity contribution >= 4 is 5.96 Å². The van der Waals surface area contributed by atoms with Crippen LogP contribution in [0.15, 0.2) is 47.6 Å². The summed E-state index contributed by atoms with van der Waals surface area (Å²) in [7, 11) is 3.26. The number of nitrogens with zero attached hydrogens (tertiary/aromatic N) is 2. The van der Waals surface area contributed by atoms with Gasteiger partial charge in [0.05, 0.1) is 20.3 Å². The summed E-state index contributed by atoms with van der Waals surface area (Å²) in [6.45, 7) is 2.97. The van der Waals surface area contributed by atoms with Crippen LogP contribution in [0.4, 0.5) is 0 Å². The first-order valence-corrected chi connectivity index (χ1v) is 7.93. The summed E-state index contributed by atoms with van der Waals surface area (Å²) in [5.41, 5.74) is 6.77. The molecule has 2 aromatic rings. The Hall–Kier alpha value is -2.80. The Morgan fingerprint density at radius 1 is 1.24 bits per heavy atom. The maximum Gasteiger partial charge on any atom is 0.219 e. The summed E-state index contributed by atoms with van der Waals surface area (Å²) in [5, 5.41) is 3.05. The maximum atomic E-state index is 5.84. The molecule has 0 aliphatic carbocycles. The van der Waals surface area contributed by atoms with E-state index >= 15 is 0 Å². The van der Waals surface area contributed by atoms with Crippen molar-refractivity contribution in [2.24, 2.45) is 10.7 Å². The van der Waals surface area contributed by atoms with Gasteiger partial charge in [-0.25, -0.2) is 9.98 Å². The molecule has 0 spiro atoms. The number of methoxy groups -OCH3 is 2. The van der Waals surface area contributed by atoms with Crippen molar-refractivity contribution in [3.63, 3.8) is 0 Å². The summed E-state index contributed by atoms with van der Waals surface area (Å²) >= 11 is 0. The molecule has 0 amide bonds. The van der Waals surface area contributed by atoms with Crippen LogP contribution in [0.2, 0.25) is 0 Å². The van der Waals surface area contributed by atoms with E-state index in [0.29, 0.717) is 30.7 Å². The zero-order chi connectivity index (χ0) is 18.1. The zero-order valence-corrected chi connectivity index (χ0v) is 14.7. The highest BCUT2D eigenvalue weighted by Gasteiger charge is 2.03. The highest BCUT2D eigenvalue weighted by molar-refractivity contribution is 5.78. The van der Waals surface area contributed by atoms with Crippen LogP contribution in [0.5, 0.6) is 17.4 Å². The lowest BCUT2D eigenvalue weighted by molar-refractivity contribution is 0.179. The Kier molecular flexibility index (Phi) is 7.03. The van der Waals surface area contributed by atoms with Crippen LogP contribution in [0.3, 0.4) is 0 Å². The second kappa shape index (κ2) is 9.48. The van der Waals surface area contributed by atoms with Gasteiger partial charge in [0.15, 0.2) is 5.96 Å². The third kappa shape index (κ3) is 6.31. The van der Waals surface area contributed by atoms with Gasteiger partial charge < -0.3 is 25.3 Å². The summed E-state index contributed by atoms with van der Waals surface area (Å²) in [4.78, 5) is 8.57. The van der Waals surface area contributed by atoms with Crippen LogP contribution in [0.1, 0.15) is 12.5 Å². The minimum absolute atomic E-state index is 0.102. The molecule has 0 radical (unpaired) electrons. The number of pyridine rings is 1. The van der Waals surface area contributed by atoms with Crippen molar-refractivity contribution in [3.05, 3.63) is 48.2 Å². The molecule has 7 nitrogen and oxygen atoms in total. The summed E-state index contributed by atoms with van der Waals surface area (Å²) in [6.07, 6.45) is 1.71. The second-order valence-corrected chi connectivity index (χ2v) is 5.49. The number of benzene rings is 1. The fourth-order valence-corrected chi connectivity index (χ4v) is 2.12. The van der Waals surface area contributed by atoms with Gasteiger partial charge in [0.2, 0.25) is 5.88 Å². The average molecular weight is 344 g/mol. The molecule has 0 saturated heterocycles. The molecule has 2 rings (SSSR count). The Bertz CT molecular complexity index is 689. The molecular formula is C18H24N4O3. The number of hydrogen-bond acceptors (Lipinski definition) is 5. The number of rotatable bonds is 8. The minimum Gasteiger partial charge on any atom is -0.497 e. The van der Waals surface area contributed by atoms with Gasteiger partial charge in [-0.05, 0) is 24.6 Å². The van der Waals surface area contributed by atoms with E-state index in [1.807, 2.05) is 31.2 Å². The van der Waals surface area contributed by atoms with E-state index in [4.69, 9.17) is 19.9 Å². The molecule has 1 unspecified atom stereocenters. The first kappa shape index (κ1) is 18.5. The number of nitrogens with one attached hydrogen (secondary N) is 1. The van der Waals surface area contributed by atoms with Gasteiger partial charge in [0.25, 0.3) is 0 Å². The van der Waals surface area contributed by atoms with Crippen LogP contribution in [0.25, 0.3) is 0 Å². The van der Waals surface area contributed by atoms with Crippen LogP contribution in [0, 0.1) is 0 Å². The van der Waals surface area contributed by atoms with Crippen molar-refractivity contribution in [3.8, 4) is 17.4 Å². The Labute approximate surface area is 147 Å². The largest absolute Gasteiger partial charge is 0.497 e. The van der Waals surface area contributed by atoms with Crippen molar-refractivity contribution < 1.29 is 14.2 Å². The highest BCUT2D eigenvalue weighted by Crippen LogP contribution is 2.23. The minimum atomic E-state index is 0.102.